The predicted octanol–water partition coefficient (Wildman–Crippen LogP) is 4.01. The zero-order chi connectivity index (χ0) is 53.5. The van der Waals surface area contributed by atoms with Gasteiger partial charge in [0.1, 0.15) is 25.4 Å². The van der Waals surface area contributed by atoms with Gasteiger partial charge in [0.05, 0.1) is 48.7 Å². The zero-order valence-corrected chi connectivity index (χ0v) is 43.8. The van der Waals surface area contributed by atoms with E-state index in [1.807, 2.05) is 55.4 Å². The summed E-state index contributed by atoms with van der Waals surface area (Å²) in [6.07, 6.45) is 2.35. The third-order valence-electron chi connectivity index (χ3n) is 10.6. The number of nitrogens with zero attached hydrogens (tertiary/aromatic N) is 2. The van der Waals surface area contributed by atoms with Crippen LogP contribution in [0.2, 0.25) is 0 Å². The van der Waals surface area contributed by atoms with E-state index in [4.69, 9.17) is 34.3 Å². The van der Waals surface area contributed by atoms with Crippen LogP contribution in [0.15, 0.2) is 18.2 Å². The Morgan fingerprint density at radius 1 is 0.956 bits per heavy atom. The number of primary amides is 1. The summed E-state index contributed by atoms with van der Waals surface area (Å²) in [6, 6.07) is 3.74. The zero-order valence-electron chi connectivity index (χ0n) is 43.8. The van der Waals surface area contributed by atoms with Crippen LogP contribution < -0.4 is 32.2 Å². The number of hydrogen-bond donors (Lipinski definition) is 7. The number of hydrogen-bond acceptors (Lipinski definition) is 15. The molecule has 5 amide bonds. The lowest BCUT2D eigenvalue weighted by atomic mass is 9.90. The SMILES string of the molecule is C=O.CC(C)C(N)C=O.CCC.CCC(C)C(C(CC)OC)N(C)C(=O)CC(C(C)C)N(C)C(=O)OCc1ccc(NC(=O)[C@H](C)NC)c(OC2CC(O)CC(CO)O2)c1.CCNC=O.NC=O. The van der Waals surface area contributed by atoms with E-state index in [1.54, 1.807) is 51.2 Å². The third kappa shape index (κ3) is 29.2. The summed E-state index contributed by atoms with van der Waals surface area (Å²) in [5.74, 6) is 0.384. The molecule has 1 aliphatic heterocycles. The Hall–Kier alpha value is -4.73. The molecule has 396 valence electrons. The van der Waals surface area contributed by atoms with Gasteiger partial charge in [-0.3, -0.25) is 19.2 Å². The molecule has 68 heavy (non-hydrogen) atoms. The molecule has 1 aromatic rings. The average Bonchev–Trinajstić information content (AvgIpc) is 3.32. The first-order valence-corrected chi connectivity index (χ1v) is 23.4. The van der Waals surface area contributed by atoms with Gasteiger partial charge in [-0.05, 0) is 62.8 Å². The largest absolute Gasteiger partial charge is 0.463 e. The van der Waals surface area contributed by atoms with Gasteiger partial charge in [0.2, 0.25) is 30.9 Å². The summed E-state index contributed by atoms with van der Waals surface area (Å²) < 4.78 is 23.3. The lowest BCUT2D eigenvalue weighted by Crippen LogP contribution is -2.51. The molecule has 1 aromatic carbocycles. The molecule has 9 N–H and O–H groups in total. The van der Waals surface area contributed by atoms with Gasteiger partial charge in [0, 0.05) is 53.1 Å². The summed E-state index contributed by atoms with van der Waals surface area (Å²) in [5, 5.41) is 28.0. The number of likely N-dealkylation sites (N-methyl/N-ethyl adjacent to an activating group) is 2. The number of anilines is 1. The van der Waals surface area contributed by atoms with Crippen LogP contribution in [0.3, 0.4) is 0 Å². The fraction of sp³-hybridized carbons (Fsp3) is 0.729. The number of nitrogens with one attached hydrogen (secondary N) is 3. The van der Waals surface area contributed by atoms with Crippen molar-refractivity contribution >= 4 is 49.5 Å². The Kier molecular flexibility index (Phi) is 43.5. The van der Waals surface area contributed by atoms with Crippen LogP contribution in [0, 0.1) is 17.8 Å². The molecule has 0 bridgehead atoms. The van der Waals surface area contributed by atoms with Gasteiger partial charge in [-0.1, -0.05) is 81.2 Å². The molecule has 0 spiro atoms. The number of carbonyl (C=O) groups is 7. The van der Waals surface area contributed by atoms with E-state index in [1.165, 1.54) is 11.3 Å². The van der Waals surface area contributed by atoms with Crippen LogP contribution in [0.4, 0.5) is 10.5 Å². The standard InChI is InChI=1S/C35H60N4O9.C5H11NO.C3H7NO.C3H8.CH3NO.CH2O/c1-11-22(5)33(29(12-2)45-10)39(9)31(42)18-28(21(3)4)38(8)35(44)46-20-24-13-14-27(37-34(43)23(6)36-7)30(15-24)48-32-17-25(41)16-26(19-40)47-32;1-4(2)5(6)3-7;1-2-4-3-5;1-3-2;2-1-3;1-2/h13-15,21-23,25-26,28-29,32-33,36,40-41H,11-12,16-20H2,1-10H3,(H,37,43);3-5H,6H2,1-2H3;3H,2H2,1H3,(H,4,5);3H2,1-2H3;1H,(H2,2,3);1H2/t22?,23-,25?,26?,28?,29?,32?,33?;;;;;/m0...../s1. The number of carbonyl (C=O) groups excluding carboxylic acids is 7. The van der Waals surface area contributed by atoms with E-state index in [2.05, 4.69) is 49.4 Å². The second-order valence-electron chi connectivity index (χ2n) is 16.7. The molecule has 9 atom stereocenters. The molecule has 1 heterocycles. The van der Waals surface area contributed by atoms with Crippen LogP contribution in [0.5, 0.6) is 5.75 Å². The van der Waals surface area contributed by atoms with Gasteiger partial charge in [-0.2, -0.15) is 0 Å². The normalized spacial score (nSPS) is 17.3. The highest BCUT2D eigenvalue weighted by Gasteiger charge is 2.35. The van der Waals surface area contributed by atoms with Crippen LogP contribution in [-0.4, -0.2) is 154 Å². The Morgan fingerprint density at radius 2 is 1.53 bits per heavy atom. The number of aliphatic hydroxyl groups is 2. The number of amides is 5. The first-order valence-electron chi connectivity index (χ1n) is 23.4. The molecule has 20 heteroatoms. The van der Waals surface area contributed by atoms with Gasteiger partial charge in [-0.25, -0.2) is 4.79 Å². The highest BCUT2D eigenvalue weighted by atomic mass is 16.7. The Bertz CT molecular complexity index is 1490. The summed E-state index contributed by atoms with van der Waals surface area (Å²) >= 11 is 0. The first kappa shape index (κ1) is 69.8. The quantitative estimate of drug-likeness (QED) is 0.0809. The van der Waals surface area contributed by atoms with Crippen molar-refractivity contribution in [2.24, 2.45) is 29.2 Å². The van der Waals surface area contributed by atoms with Crippen LogP contribution in [-0.2, 0) is 49.6 Å². The van der Waals surface area contributed by atoms with E-state index < -0.39 is 36.7 Å². The van der Waals surface area contributed by atoms with Gasteiger partial charge in [0.15, 0.2) is 0 Å². The highest BCUT2D eigenvalue weighted by molar-refractivity contribution is 5.95. The molecular weight excluding hydrogens is 883 g/mol. The molecule has 0 radical (unpaired) electrons. The molecule has 20 nitrogen and oxygen atoms in total. The number of benzene rings is 1. The van der Waals surface area contributed by atoms with Crippen LogP contribution in [0.25, 0.3) is 0 Å². The summed E-state index contributed by atoms with van der Waals surface area (Å²) in [4.78, 5) is 78.5. The second-order valence-corrected chi connectivity index (χ2v) is 16.7. The van der Waals surface area contributed by atoms with E-state index in [0.29, 0.717) is 17.7 Å². The molecule has 0 saturated carbocycles. The Labute approximate surface area is 407 Å². The van der Waals surface area contributed by atoms with E-state index in [0.717, 1.165) is 25.7 Å². The molecule has 2 rings (SSSR count). The maximum Gasteiger partial charge on any atom is 0.410 e. The van der Waals surface area contributed by atoms with E-state index >= 15 is 0 Å². The molecular formula is C48H91N7O13. The van der Waals surface area contributed by atoms with Gasteiger partial charge < -0.3 is 76.0 Å². The molecule has 1 fully saturated rings. The van der Waals surface area contributed by atoms with Crippen LogP contribution in [0.1, 0.15) is 120 Å². The van der Waals surface area contributed by atoms with Crippen molar-refractivity contribution in [2.45, 2.75) is 170 Å². The Balaban J connectivity index is -0.000000860. The maximum atomic E-state index is 13.6. The second kappa shape index (κ2) is 42.4. The molecule has 0 aromatic heterocycles. The molecule has 8 unspecified atom stereocenters. The minimum absolute atomic E-state index is 0.0252. The number of ether oxygens (including phenoxy) is 4. The Morgan fingerprint density at radius 3 is 1.93 bits per heavy atom. The third-order valence-corrected chi connectivity index (χ3v) is 10.6. The van der Waals surface area contributed by atoms with Gasteiger partial charge in [-0.15, -0.1) is 0 Å². The lowest BCUT2D eigenvalue weighted by molar-refractivity contribution is -0.184. The van der Waals surface area contributed by atoms with E-state index in [-0.39, 0.29) is 92.4 Å². The smallest absolute Gasteiger partial charge is 0.410 e. The van der Waals surface area contributed by atoms with Gasteiger partial charge >= 0.3 is 6.09 Å². The fourth-order valence-electron chi connectivity index (χ4n) is 6.23. The summed E-state index contributed by atoms with van der Waals surface area (Å²) in [5.41, 5.74) is 10.4. The fourth-order valence-corrected chi connectivity index (χ4v) is 6.23. The van der Waals surface area contributed by atoms with Crippen LogP contribution >= 0.6 is 0 Å². The molecule has 0 aliphatic carbocycles. The minimum atomic E-state index is -0.869. The number of aldehydes is 1. The van der Waals surface area contributed by atoms with Crippen molar-refractivity contribution in [3.8, 4) is 5.75 Å². The van der Waals surface area contributed by atoms with Crippen molar-refractivity contribution < 1.29 is 62.7 Å². The number of methoxy groups -OCH3 is 1. The average molecular weight is 974 g/mol. The summed E-state index contributed by atoms with van der Waals surface area (Å²) in [6.45, 7) is 24.2. The van der Waals surface area contributed by atoms with E-state index in [9.17, 15) is 34.2 Å². The summed E-state index contributed by atoms with van der Waals surface area (Å²) in [7, 11) is 6.79. The monoisotopic (exact) mass is 974 g/mol. The first-order chi connectivity index (χ1) is 32.1. The number of nitrogens with two attached hydrogens (primary N) is 2. The number of aliphatic hydroxyl groups excluding tert-OH is 2. The lowest BCUT2D eigenvalue weighted by Gasteiger charge is -2.39. The van der Waals surface area contributed by atoms with Gasteiger partial charge in [0.25, 0.3) is 0 Å². The van der Waals surface area contributed by atoms with Crippen molar-refractivity contribution in [1.82, 2.24) is 20.4 Å². The topological polar surface area (TPSA) is 291 Å². The molecule has 1 saturated heterocycles. The maximum absolute atomic E-state index is 13.6. The van der Waals surface area contributed by atoms with Crippen molar-refractivity contribution in [3.05, 3.63) is 23.8 Å². The minimum Gasteiger partial charge on any atom is -0.463 e. The van der Waals surface area contributed by atoms with Crippen molar-refractivity contribution in [2.75, 3.05) is 46.7 Å². The van der Waals surface area contributed by atoms with Crippen molar-refractivity contribution in [1.29, 1.82) is 0 Å². The highest BCUT2D eigenvalue weighted by Crippen LogP contribution is 2.31. The predicted molar refractivity (Wildman–Crippen MR) is 265 cm³/mol. The molecule has 1 aliphatic rings. The van der Waals surface area contributed by atoms with Crippen molar-refractivity contribution in [3.63, 3.8) is 0 Å². The number of rotatable bonds is 22.